The molecule has 0 aliphatic carbocycles. The monoisotopic (exact) mass is 308 g/mol. The molecular formula is C15H24N4O3. The number of amides is 2. The van der Waals surface area contributed by atoms with E-state index in [0.717, 1.165) is 12.3 Å². The fourth-order valence-electron chi connectivity index (χ4n) is 3.76. The second-order valence-corrected chi connectivity index (χ2v) is 6.83. The van der Waals surface area contributed by atoms with E-state index in [0.29, 0.717) is 38.9 Å². The number of likely N-dealkylation sites (tertiary alicyclic amines) is 1. The van der Waals surface area contributed by atoms with E-state index in [1.54, 1.807) is 6.92 Å². The molecule has 0 radical (unpaired) electrons. The largest absolute Gasteiger partial charge is 0.379 e. The van der Waals surface area contributed by atoms with Crippen LogP contribution in [0, 0.1) is 0 Å². The summed E-state index contributed by atoms with van der Waals surface area (Å²) in [4.78, 5) is 34.3. The molecule has 7 nitrogen and oxygen atoms in total. The average Bonchev–Trinajstić information content (AvgIpc) is 2.85. The predicted molar refractivity (Wildman–Crippen MR) is 81.4 cm³/mol. The lowest BCUT2D eigenvalue weighted by Gasteiger charge is -2.49. The fraction of sp³-hybridized carbons (Fsp3) is 0.800. The highest BCUT2D eigenvalue weighted by atomic mass is 16.7. The summed E-state index contributed by atoms with van der Waals surface area (Å²) in [5.74, 6) is 0.0673. The van der Waals surface area contributed by atoms with Crippen molar-refractivity contribution < 1.29 is 14.4 Å². The van der Waals surface area contributed by atoms with Crippen molar-refractivity contribution in [1.82, 2.24) is 15.1 Å². The second kappa shape index (κ2) is 5.22. The first kappa shape index (κ1) is 15.3. The maximum absolute atomic E-state index is 12.7. The van der Waals surface area contributed by atoms with E-state index in [1.807, 2.05) is 18.9 Å². The molecule has 0 saturated carbocycles. The predicted octanol–water partition coefficient (Wildman–Crippen LogP) is -0.0359. The average molecular weight is 308 g/mol. The van der Waals surface area contributed by atoms with Crippen LogP contribution in [0.25, 0.3) is 0 Å². The van der Waals surface area contributed by atoms with Crippen molar-refractivity contribution >= 4 is 17.5 Å². The summed E-state index contributed by atoms with van der Waals surface area (Å²) in [7, 11) is 1.99. The molecule has 3 heterocycles. The van der Waals surface area contributed by atoms with Crippen molar-refractivity contribution in [2.75, 3.05) is 33.2 Å². The van der Waals surface area contributed by atoms with E-state index in [-0.39, 0.29) is 11.8 Å². The molecule has 0 bridgehead atoms. The van der Waals surface area contributed by atoms with Gasteiger partial charge in [0.2, 0.25) is 11.5 Å². The van der Waals surface area contributed by atoms with Crippen LogP contribution < -0.4 is 5.32 Å². The van der Waals surface area contributed by atoms with Crippen molar-refractivity contribution in [3.05, 3.63) is 0 Å². The second-order valence-electron chi connectivity index (χ2n) is 6.83. The van der Waals surface area contributed by atoms with Crippen molar-refractivity contribution in [1.29, 1.82) is 0 Å². The van der Waals surface area contributed by atoms with Crippen molar-refractivity contribution in [3.8, 4) is 0 Å². The molecule has 2 amide bonds. The summed E-state index contributed by atoms with van der Waals surface area (Å²) in [5, 5.41) is 6.87. The Morgan fingerprint density at radius 1 is 1.32 bits per heavy atom. The number of piperazine rings is 1. The molecule has 3 rings (SSSR count). The van der Waals surface area contributed by atoms with Crippen LogP contribution in [0.2, 0.25) is 0 Å². The molecular weight excluding hydrogens is 284 g/mol. The number of hydrogen-bond acceptors (Lipinski definition) is 5. The van der Waals surface area contributed by atoms with Crippen LogP contribution in [-0.4, -0.2) is 71.7 Å². The van der Waals surface area contributed by atoms with Crippen LogP contribution in [0.1, 0.15) is 33.1 Å². The lowest BCUT2D eigenvalue weighted by atomic mass is 9.83. The lowest BCUT2D eigenvalue weighted by molar-refractivity contribution is -0.158. The SMILES string of the molecule is CC1=NO[C@@](C)(C(=O)N2CCC3(CC2)C(=O)NCCN3C)C1. The molecule has 2 fully saturated rings. The highest BCUT2D eigenvalue weighted by Gasteiger charge is 2.50. The maximum atomic E-state index is 12.7. The fourth-order valence-corrected chi connectivity index (χ4v) is 3.76. The van der Waals surface area contributed by atoms with Gasteiger partial charge in [0.25, 0.3) is 5.91 Å². The number of rotatable bonds is 1. The Hall–Kier alpha value is -1.63. The van der Waals surface area contributed by atoms with Crippen molar-refractivity contribution in [3.63, 3.8) is 0 Å². The third kappa shape index (κ3) is 2.27. The number of nitrogens with zero attached hydrogens (tertiary/aromatic N) is 3. The van der Waals surface area contributed by atoms with Crippen LogP contribution in [0.3, 0.4) is 0 Å². The number of piperidine rings is 1. The van der Waals surface area contributed by atoms with Crippen molar-refractivity contribution in [2.24, 2.45) is 5.16 Å². The van der Waals surface area contributed by atoms with E-state index in [9.17, 15) is 9.59 Å². The summed E-state index contributed by atoms with van der Waals surface area (Å²) in [6, 6.07) is 0. The molecule has 7 heteroatoms. The van der Waals surface area contributed by atoms with Gasteiger partial charge in [-0.1, -0.05) is 5.16 Å². The van der Waals surface area contributed by atoms with E-state index in [2.05, 4.69) is 15.4 Å². The number of carbonyl (C=O) groups is 2. The molecule has 3 aliphatic heterocycles. The lowest BCUT2D eigenvalue weighted by Crippen LogP contribution is -2.67. The Bertz CT molecular complexity index is 525. The molecule has 3 aliphatic rings. The third-order valence-corrected chi connectivity index (χ3v) is 5.21. The smallest absolute Gasteiger partial charge is 0.269 e. The Morgan fingerprint density at radius 3 is 2.55 bits per heavy atom. The third-order valence-electron chi connectivity index (χ3n) is 5.21. The van der Waals surface area contributed by atoms with Gasteiger partial charge in [-0.3, -0.25) is 14.5 Å². The van der Waals surface area contributed by atoms with Gasteiger partial charge in [-0.15, -0.1) is 0 Å². The zero-order chi connectivity index (χ0) is 16.0. The molecule has 1 atom stereocenters. The van der Waals surface area contributed by atoms with E-state index >= 15 is 0 Å². The summed E-state index contributed by atoms with van der Waals surface area (Å²) >= 11 is 0. The topological polar surface area (TPSA) is 74.2 Å². The summed E-state index contributed by atoms with van der Waals surface area (Å²) in [6.07, 6.45) is 1.86. The van der Waals surface area contributed by atoms with E-state index < -0.39 is 11.1 Å². The molecule has 122 valence electrons. The molecule has 2 saturated heterocycles. The van der Waals surface area contributed by atoms with Crippen LogP contribution in [0.4, 0.5) is 0 Å². The highest BCUT2D eigenvalue weighted by Crippen LogP contribution is 2.33. The minimum Gasteiger partial charge on any atom is -0.379 e. The number of likely N-dealkylation sites (N-methyl/N-ethyl adjacent to an activating group) is 1. The number of carbonyl (C=O) groups excluding carboxylic acids is 2. The first-order valence-corrected chi connectivity index (χ1v) is 7.88. The Kier molecular flexibility index (Phi) is 3.63. The molecule has 1 N–H and O–H groups in total. The Balaban J connectivity index is 1.67. The van der Waals surface area contributed by atoms with Crippen LogP contribution >= 0.6 is 0 Å². The first-order valence-electron chi connectivity index (χ1n) is 7.88. The van der Waals surface area contributed by atoms with Gasteiger partial charge in [0.1, 0.15) is 5.54 Å². The van der Waals surface area contributed by atoms with Gasteiger partial charge in [0.05, 0.1) is 5.71 Å². The normalized spacial score (nSPS) is 31.7. The Morgan fingerprint density at radius 2 is 2.00 bits per heavy atom. The first-order chi connectivity index (χ1) is 10.4. The molecule has 0 aromatic carbocycles. The van der Waals surface area contributed by atoms with Crippen LogP contribution in [-0.2, 0) is 14.4 Å². The molecule has 22 heavy (non-hydrogen) atoms. The number of oxime groups is 1. The maximum Gasteiger partial charge on any atom is 0.269 e. The van der Waals surface area contributed by atoms with Gasteiger partial charge in [0.15, 0.2) is 0 Å². The molecule has 0 aromatic rings. The Labute approximate surface area is 130 Å². The zero-order valence-electron chi connectivity index (χ0n) is 13.5. The van der Waals surface area contributed by atoms with Gasteiger partial charge in [0, 0.05) is 32.6 Å². The van der Waals surface area contributed by atoms with Gasteiger partial charge < -0.3 is 15.1 Å². The van der Waals surface area contributed by atoms with Crippen LogP contribution in [0.5, 0.6) is 0 Å². The number of hydrogen-bond donors (Lipinski definition) is 1. The highest BCUT2D eigenvalue weighted by molar-refractivity contribution is 5.94. The zero-order valence-corrected chi connectivity index (χ0v) is 13.5. The standard InChI is InChI=1S/C15H24N4O3/c1-11-10-14(2,22-17-11)13(21)19-7-4-15(5-8-19)12(20)16-6-9-18(15)3/h4-10H2,1-3H3,(H,16,20)/t14-/m1/s1. The van der Waals surface area contributed by atoms with Crippen LogP contribution in [0.15, 0.2) is 5.16 Å². The van der Waals surface area contributed by atoms with E-state index in [1.165, 1.54) is 0 Å². The summed E-state index contributed by atoms with van der Waals surface area (Å²) < 4.78 is 0. The van der Waals surface area contributed by atoms with Gasteiger partial charge in [-0.25, -0.2) is 0 Å². The summed E-state index contributed by atoms with van der Waals surface area (Å²) in [5.41, 5.74) is -0.496. The van der Waals surface area contributed by atoms with Gasteiger partial charge in [-0.05, 0) is 33.7 Å². The minimum absolute atomic E-state index is 0.0261. The summed E-state index contributed by atoms with van der Waals surface area (Å²) in [6.45, 7) is 6.36. The molecule has 0 aromatic heterocycles. The quantitative estimate of drug-likeness (QED) is 0.738. The van der Waals surface area contributed by atoms with Gasteiger partial charge >= 0.3 is 0 Å². The minimum atomic E-state index is -0.880. The number of nitrogens with one attached hydrogen (secondary N) is 1. The van der Waals surface area contributed by atoms with Gasteiger partial charge in [-0.2, -0.15) is 0 Å². The van der Waals surface area contributed by atoms with Crippen molar-refractivity contribution in [2.45, 2.75) is 44.2 Å². The van der Waals surface area contributed by atoms with E-state index in [4.69, 9.17) is 4.84 Å². The molecule has 0 unspecified atom stereocenters. The molecule has 1 spiro atoms.